The van der Waals surface area contributed by atoms with Crippen molar-refractivity contribution in [3.05, 3.63) is 16.3 Å². The molecule has 3 heterocycles. The SMILES string of the molecule is Cc1cc(-c2nc(N)nc(N3CCOCC3)n2)cs1. The maximum atomic E-state index is 5.79. The molecule has 1 fully saturated rings. The number of anilines is 2. The second-order valence-electron chi connectivity index (χ2n) is 4.36. The van der Waals surface area contributed by atoms with Crippen LogP contribution in [-0.4, -0.2) is 41.3 Å². The van der Waals surface area contributed by atoms with E-state index < -0.39 is 0 Å². The third-order valence-corrected chi connectivity index (χ3v) is 3.78. The fourth-order valence-corrected chi connectivity index (χ4v) is 2.66. The molecule has 6 nitrogen and oxygen atoms in total. The fraction of sp³-hybridized carbons (Fsp3) is 0.417. The second-order valence-corrected chi connectivity index (χ2v) is 5.48. The zero-order chi connectivity index (χ0) is 13.2. The number of ether oxygens (including phenoxy) is 1. The van der Waals surface area contributed by atoms with Crippen LogP contribution in [-0.2, 0) is 4.74 Å². The molecule has 0 radical (unpaired) electrons. The Kier molecular flexibility index (Phi) is 3.31. The molecule has 7 heteroatoms. The van der Waals surface area contributed by atoms with Gasteiger partial charge in [-0.15, -0.1) is 11.3 Å². The molecule has 1 aliphatic rings. The van der Waals surface area contributed by atoms with Gasteiger partial charge < -0.3 is 15.4 Å². The highest BCUT2D eigenvalue weighted by Crippen LogP contribution is 2.24. The van der Waals surface area contributed by atoms with Gasteiger partial charge in [-0.05, 0) is 13.0 Å². The van der Waals surface area contributed by atoms with E-state index in [4.69, 9.17) is 10.5 Å². The highest BCUT2D eigenvalue weighted by atomic mass is 32.1. The van der Waals surface area contributed by atoms with Crippen LogP contribution < -0.4 is 10.6 Å². The molecule has 100 valence electrons. The normalized spacial score (nSPS) is 15.7. The summed E-state index contributed by atoms with van der Waals surface area (Å²) in [5, 5.41) is 2.03. The molecule has 19 heavy (non-hydrogen) atoms. The summed E-state index contributed by atoms with van der Waals surface area (Å²) in [5.41, 5.74) is 6.79. The van der Waals surface area contributed by atoms with Crippen LogP contribution in [0.5, 0.6) is 0 Å². The van der Waals surface area contributed by atoms with E-state index in [0.717, 1.165) is 18.7 Å². The highest BCUT2D eigenvalue weighted by molar-refractivity contribution is 7.10. The Morgan fingerprint density at radius 3 is 2.74 bits per heavy atom. The quantitative estimate of drug-likeness (QED) is 0.892. The molecule has 0 bridgehead atoms. The van der Waals surface area contributed by atoms with Crippen molar-refractivity contribution in [3.8, 4) is 11.4 Å². The van der Waals surface area contributed by atoms with Gasteiger partial charge in [0.15, 0.2) is 5.82 Å². The van der Waals surface area contributed by atoms with E-state index in [-0.39, 0.29) is 5.95 Å². The molecule has 1 aliphatic heterocycles. The lowest BCUT2D eigenvalue weighted by Gasteiger charge is -2.26. The predicted octanol–water partition coefficient (Wildman–Crippen LogP) is 1.33. The Morgan fingerprint density at radius 2 is 2.05 bits per heavy atom. The van der Waals surface area contributed by atoms with Gasteiger partial charge in [0.25, 0.3) is 0 Å². The molecular weight excluding hydrogens is 262 g/mol. The van der Waals surface area contributed by atoms with Crippen LogP contribution in [0.3, 0.4) is 0 Å². The molecule has 3 rings (SSSR count). The second kappa shape index (κ2) is 5.10. The van der Waals surface area contributed by atoms with E-state index in [1.807, 2.05) is 5.38 Å². The van der Waals surface area contributed by atoms with Crippen molar-refractivity contribution in [3.63, 3.8) is 0 Å². The average molecular weight is 277 g/mol. The Morgan fingerprint density at radius 1 is 1.26 bits per heavy atom. The van der Waals surface area contributed by atoms with Gasteiger partial charge in [0, 0.05) is 28.9 Å². The fourth-order valence-electron chi connectivity index (χ4n) is 1.98. The number of nitrogens with zero attached hydrogens (tertiary/aromatic N) is 4. The molecule has 0 amide bonds. The Bertz CT molecular complexity index is 579. The number of morpholine rings is 1. The van der Waals surface area contributed by atoms with Crippen molar-refractivity contribution in [2.45, 2.75) is 6.92 Å². The summed E-state index contributed by atoms with van der Waals surface area (Å²) in [4.78, 5) is 16.2. The van der Waals surface area contributed by atoms with Crippen LogP contribution in [0, 0.1) is 6.92 Å². The van der Waals surface area contributed by atoms with Gasteiger partial charge >= 0.3 is 0 Å². The zero-order valence-corrected chi connectivity index (χ0v) is 11.5. The molecular formula is C12H15N5OS. The summed E-state index contributed by atoms with van der Waals surface area (Å²) < 4.78 is 5.33. The number of nitrogen functional groups attached to an aromatic ring is 1. The van der Waals surface area contributed by atoms with Crippen molar-refractivity contribution in [1.29, 1.82) is 0 Å². The standard InChI is InChI=1S/C12H15N5OS/c1-8-6-9(7-19-8)10-14-11(13)16-12(15-10)17-2-4-18-5-3-17/h6-7H,2-5H2,1H3,(H2,13,14,15,16). The maximum Gasteiger partial charge on any atom is 0.230 e. The summed E-state index contributed by atoms with van der Waals surface area (Å²) >= 11 is 1.67. The molecule has 0 spiro atoms. The monoisotopic (exact) mass is 277 g/mol. The minimum Gasteiger partial charge on any atom is -0.378 e. The smallest absolute Gasteiger partial charge is 0.230 e. The van der Waals surface area contributed by atoms with Crippen LogP contribution in [0.15, 0.2) is 11.4 Å². The van der Waals surface area contributed by atoms with Crippen LogP contribution in [0.2, 0.25) is 0 Å². The van der Waals surface area contributed by atoms with Crippen molar-refractivity contribution >= 4 is 23.2 Å². The predicted molar refractivity (Wildman–Crippen MR) is 75.3 cm³/mol. The van der Waals surface area contributed by atoms with Gasteiger partial charge in [-0.25, -0.2) is 0 Å². The first-order chi connectivity index (χ1) is 9.22. The Balaban J connectivity index is 1.95. The summed E-state index contributed by atoms with van der Waals surface area (Å²) in [6.45, 7) is 5.01. The van der Waals surface area contributed by atoms with Gasteiger partial charge in [-0.3, -0.25) is 0 Å². The van der Waals surface area contributed by atoms with Gasteiger partial charge in [0.2, 0.25) is 11.9 Å². The first-order valence-corrected chi connectivity index (χ1v) is 7.00. The lowest BCUT2D eigenvalue weighted by Crippen LogP contribution is -2.37. The van der Waals surface area contributed by atoms with Gasteiger partial charge in [0.05, 0.1) is 13.2 Å². The van der Waals surface area contributed by atoms with Crippen LogP contribution in [0.4, 0.5) is 11.9 Å². The number of hydrogen-bond donors (Lipinski definition) is 1. The maximum absolute atomic E-state index is 5.79. The minimum absolute atomic E-state index is 0.260. The molecule has 0 aliphatic carbocycles. The molecule has 0 atom stereocenters. The Hall–Kier alpha value is -1.73. The third kappa shape index (κ3) is 2.66. The Labute approximate surface area is 115 Å². The van der Waals surface area contributed by atoms with E-state index in [9.17, 15) is 0 Å². The molecule has 0 saturated carbocycles. The molecule has 2 N–H and O–H groups in total. The first-order valence-electron chi connectivity index (χ1n) is 6.12. The summed E-state index contributed by atoms with van der Waals surface area (Å²) in [5.74, 6) is 1.53. The lowest BCUT2D eigenvalue weighted by molar-refractivity contribution is 0.122. The molecule has 2 aromatic heterocycles. The number of thiophene rings is 1. The van der Waals surface area contributed by atoms with Crippen molar-refractivity contribution in [1.82, 2.24) is 15.0 Å². The summed E-state index contributed by atoms with van der Waals surface area (Å²) in [6, 6.07) is 2.06. The number of aromatic nitrogens is 3. The van der Waals surface area contributed by atoms with Crippen LogP contribution in [0.25, 0.3) is 11.4 Å². The first kappa shape index (κ1) is 12.3. The van der Waals surface area contributed by atoms with Gasteiger partial charge in [0.1, 0.15) is 0 Å². The van der Waals surface area contributed by atoms with E-state index in [1.54, 1.807) is 11.3 Å². The van der Waals surface area contributed by atoms with Crippen LogP contribution in [0.1, 0.15) is 4.88 Å². The van der Waals surface area contributed by atoms with Crippen LogP contribution >= 0.6 is 11.3 Å². The largest absolute Gasteiger partial charge is 0.378 e. The number of aryl methyl sites for hydroxylation is 1. The van der Waals surface area contributed by atoms with Gasteiger partial charge in [-0.1, -0.05) is 0 Å². The van der Waals surface area contributed by atoms with Gasteiger partial charge in [-0.2, -0.15) is 15.0 Å². The minimum atomic E-state index is 0.260. The highest BCUT2D eigenvalue weighted by Gasteiger charge is 2.16. The van der Waals surface area contributed by atoms with E-state index in [2.05, 4.69) is 32.8 Å². The molecule has 1 saturated heterocycles. The third-order valence-electron chi connectivity index (χ3n) is 2.92. The molecule has 0 unspecified atom stereocenters. The van der Waals surface area contributed by atoms with E-state index in [1.165, 1.54) is 4.88 Å². The van der Waals surface area contributed by atoms with Crippen molar-refractivity contribution in [2.75, 3.05) is 36.9 Å². The van der Waals surface area contributed by atoms with Crippen molar-refractivity contribution < 1.29 is 4.74 Å². The van der Waals surface area contributed by atoms with E-state index in [0.29, 0.717) is 25.0 Å². The zero-order valence-electron chi connectivity index (χ0n) is 10.7. The molecule has 2 aromatic rings. The van der Waals surface area contributed by atoms with Crippen molar-refractivity contribution in [2.24, 2.45) is 0 Å². The number of nitrogens with two attached hydrogens (primary N) is 1. The summed E-state index contributed by atoms with van der Waals surface area (Å²) in [6.07, 6.45) is 0. The van der Waals surface area contributed by atoms with E-state index >= 15 is 0 Å². The molecule has 0 aromatic carbocycles. The number of hydrogen-bond acceptors (Lipinski definition) is 7. The summed E-state index contributed by atoms with van der Waals surface area (Å²) in [7, 11) is 0. The number of rotatable bonds is 2. The average Bonchev–Trinajstić information content (AvgIpc) is 2.86. The topological polar surface area (TPSA) is 77.2 Å². The lowest BCUT2D eigenvalue weighted by atomic mass is 10.3.